The Balaban J connectivity index is 1.19. The minimum Gasteiger partial charge on any atom is -0.421 e. The van der Waals surface area contributed by atoms with Gasteiger partial charge in [-0.05, 0) is 29.3 Å². The van der Waals surface area contributed by atoms with Crippen molar-refractivity contribution in [1.29, 1.82) is 0 Å². The lowest BCUT2D eigenvalue weighted by molar-refractivity contribution is -0.133. The number of carbonyl (C=O) groups excluding carboxylic acids is 1. The minimum atomic E-state index is 0.170. The molecule has 6 nitrogen and oxygen atoms in total. The van der Waals surface area contributed by atoms with Gasteiger partial charge in [-0.3, -0.25) is 9.69 Å². The number of nitrogens with zero attached hydrogens (tertiary/aromatic N) is 4. The molecule has 0 aromatic carbocycles. The molecule has 1 aliphatic heterocycles. The average molecular weight is 403 g/mol. The van der Waals surface area contributed by atoms with E-state index in [0.29, 0.717) is 24.6 Å². The number of aryl methyl sites for hydroxylation is 1. The van der Waals surface area contributed by atoms with E-state index >= 15 is 0 Å². The summed E-state index contributed by atoms with van der Waals surface area (Å²) in [7, 11) is 0. The topological polar surface area (TPSA) is 62.5 Å². The molecule has 0 atom stereocenters. The molecule has 0 N–H and O–H groups in total. The van der Waals surface area contributed by atoms with Crippen molar-refractivity contribution < 1.29 is 9.21 Å². The molecular formula is C19H22N4O2S2. The van der Waals surface area contributed by atoms with Gasteiger partial charge in [-0.2, -0.15) is 11.3 Å². The molecule has 0 radical (unpaired) electrons. The van der Waals surface area contributed by atoms with Gasteiger partial charge in [-0.15, -0.1) is 21.5 Å². The maximum Gasteiger partial charge on any atom is 0.248 e. The number of thiophene rings is 2. The van der Waals surface area contributed by atoms with E-state index in [9.17, 15) is 4.79 Å². The Morgan fingerprint density at radius 1 is 1.11 bits per heavy atom. The van der Waals surface area contributed by atoms with Gasteiger partial charge < -0.3 is 9.32 Å². The second kappa shape index (κ2) is 8.77. The fourth-order valence-electron chi connectivity index (χ4n) is 3.17. The zero-order valence-electron chi connectivity index (χ0n) is 15.0. The zero-order chi connectivity index (χ0) is 18.5. The van der Waals surface area contributed by atoms with Crippen LogP contribution in [-0.4, -0.2) is 58.6 Å². The van der Waals surface area contributed by atoms with E-state index in [1.54, 1.807) is 11.3 Å². The van der Waals surface area contributed by atoms with Crippen LogP contribution in [0.3, 0.4) is 0 Å². The Bertz CT molecular complexity index is 837. The number of piperazine rings is 1. The van der Waals surface area contributed by atoms with Crippen LogP contribution in [0, 0.1) is 0 Å². The molecule has 0 spiro atoms. The van der Waals surface area contributed by atoms with Crippen molar-refractivity contribution >= 4 is 28.6 Å². The van der Waals surface area contributed by atoms with E-state index in [2.05, 4.69) is 32.6 Å². The van der Waals surface area contributed by atoms with Gasteiger partial charge in [0.05, 0.1) is 0 Å². The summed E-state index contributed by atoms with van der Waals surface area (Å²) in [5.41, 5.74) is 0.934. The second-order valence-corrected chi connectivity index (χ2v) is 8.38. The van der Waals surface area contributed by atoms with Gasteiger partial charge in [0.15, 0.2) is 0 Å². The Labute approximate surface area is 166 Å². The van der Waals surface area contributed by atoms with E-state index in [-0.39, 0.29) is 5.91 Å². The van der Waals surface area contributed by atoms with Crippen LogP contribution in [0.2, 0.25) is 0 Å². The lowest BCUT2D eigenvalue weighted by Gasteiger charge is -2.34. The Hall–Kier alpha value is -2.03. The fourth-order valence-corrected chi connectivity index (χ4v) is 4.50. The van der Waals surface area contributed by atoms with Crippen molar-refractivity contribution in [2.24, 2.45) is 0 Å². The molecule has 3 aromatic rings. The first-order valence-electron chi connectivity index (χ1n) is 9.15. The normalized spacial score (nSPS) is 15.3. The van der Waals surface area contributed by atoms with Crippen LogP contribution in [0.4, 0.5) is 0 Å². The first-order chi connectivity index (χ1) is 13.3. The summed E-state index contributed by atoms with van der Waals surface area (Å²) in [5.74, 6) is 1.22. The number of carbonyl (C=O) groups is 1. The zero-order valence-corrected chi connectivity index (χ0v) is 16.7. The second-order valence-electron chi connectivity index (χ2n) is 6.56. The smallest absolute Gasteiger partial charge is 0.248 e. The van der Waals surface area contributed by atoms with Crippen LogP contribution in [0.15, 0.2) is 38.8 Å². The Kier molecular flexibility index (Phi) is 5.96. The Morgan fingerprint density at radius 3 is 2.74 bits per heavy atom. The monoisotopic (exact) mass is 402 g/mol. The van der Waals surface area contributed by atoms with Crippen molar-refractivity contribution in [3.05, 3.63) is 45.1 Å². The predicted octanol–water partition coefficient (Wildman–Crippen LogP) is 3.18. The van der Waals surface area contributed by atoms with E-state index < -0.39 is 0 Å². The summed E-state index contributed by atoms with van der Waals surface area (Å²) in [6.45, 7) is 4.55. The highest BCUT2D eigenvalue weighted by Gasteiger charge is 2.21. The average Bonchev–Trinajstić information content (AvgIpc) is 3.47. The quantitative estimate of drug-likeness (QED) is 0.607. The molecule has 0 aliphatic carbocycles. The van der Waals surface area contributed by atoms with E-state index in [1.807, 2.05) is 33.1 Å². The summed E-state index contributed by atoms with van der Waals surface area (Å²) in [6.07, 6.45) is 2.00. The van der Waals surface area contributed by atoms with Gasteiger partial charge in [0, 0.05) is 61.4 Å². The third kappa shape index (κ3) is 4.82. The lowest BCUT2D eigenvalue weighted by Crippen LogP contribution is -2.49. The van der Waals surface area contributed by atoms with Crippen LogP contribution in [-0.2, 0) is 17.6 Å². The lowest BCUT2D eigenvalue weighted by atomic mass is 10.2. The molecule has 4 heterocycles. The van der Waals surface area contributed by atoms with Gasteiger partial charge in [-0.1, -0.05) is 6.07 Å². The summed E-state index contributed by atoms with van der Waals surface area (Å²) in [5, 5.41) is 14.2. The summed E-state index contributed by atoms with van der Waals surface area (Å²) < 4.78 is 5.66. The predicted molar refractivity (Wildman–Crippen MR) is 107 cm³/mol. The van der Waals surface area contributed by atoms with Crippen molar-refractivity contribution in [1.82, 2.24) is 20.0 Å². The van der Waals surface area contributed by atoms with Crippen LogP contribution in [0.1, 0.15) is 17.2 Å². The molecule has 142 valence electrons. The number of aromatic nitrogens is 2. The highest BCUT2D eigenvalue weighted by Crippen LogP contribution is 2.21. The number of hydrogen-bond acceptors (Lipinski definition) is 7. The molecular weight excluding hydrogens is 380 g/mol. The molecule has 0 saturated carbocycles. The molecule has 0 unspecified atom stereocenters. The van der Waals surface area contributed by atoms with E-state index in [1.165, 1.54) is 4.88 Å². The van der Waals surface area contributed by atoms with Crippen LogP contribution >= 0.6 is 22.7 Å². The van der Waals surface area contributed by atoms with Gasteiger partial charge >= 0.3 is 0 Å². The van der Waals surface area contributed by atoms with Crippen molar-refractivity contribution in [2.75, 3.05) is 32.7 Å². The standard InChI is InChI=1S/C19H22N4O2S2/c24-18(4-3-17-20-21-19(25-17)15-6-13-26-14-15)23-10-8-22(9-11-23)7-5-16-2-1-12-27-16/h1-2,6,12-14H,3-5,7-11H2. The third-order valence-electron chi connectivity index (χ3n) is 4.77. The molecule has 3 aromatic heterocycles. The largest absolute Gasteiger partial charge is 0.421 e. The van der Waals surface area contributed by atoms with Crippen molar-refractivity contribution in [2.45, 2.75) is 19.3 Å². The first kappa shape index (κ1) is 18.3. The summed E-state index contributed by atoms with van der Waals surface area (Å²) in [4.78, 5) is 18.3. The molecule has 0 bridgehead atoms. The molecule has 4 rings (SSSR count). The molecule has 1 amide bonds. The number of rotatable bonds is 7. The SMILES string of the molecule is O=C(CCc1nnc(-c2ccsc2)o1)N1CCN(CCc2cccs2)CC1. The molecule has 1 saturated heterocycles. The highest BCUT2D eigenvalue weighted by molar-refractivity contribution is 7.09. The third-order valence-corrected chi connectivity index (χ3v) is 6.39. The molecule has 1 fully saturated rings. The van der Waals surface area contributed by atoms with Crippen molar-refractivity contribution in [3.8, 4) is 11.5 Å². The summed E-state index contributed by atoms with van der Waals surface area (Å²) >= 11 is 3.40. The summed E-state index contributed by atoms with van der Waals surface area (Å²) in [6, 6.07) is 6.24. The number of amides is 1. The highest BCUT2D eigenvalue weighted by atomic mass is 32.1. The molecule has 1 aliphatic rings. The minimum absolute atomic E-state index is 0.170. The van der Waals surface area contributed by atoms with Gasteiger partial charge in [0.2, 0.25) is 17.7 Å². The maximum absolute atomic E-state index is 12.5. The maximum atomic E-state index is 12.5. The van der Waals surface area contributed by atoms with Crippen LogP contribution in [0.5, 0.6) is 0 Å². The van der Waals surface area contributed by atoms with Gasteiger partial charge in [0.1, 0.15) is 0 Å². The van der Waals surface area contributed by atoms with E-state index in [0.717, 1.165) is 44.7 Å². The molecule has 27 heavy (non-hydrogen) atoms. The first-order valence-corrected chi connectivity index (χ1v) is 11.0. The van der Waals surface area contributed by atoms with Crippen LogP contribution in [0.25, 0.3) is 11.5 Å². The van der Waals surface area contributed by atoms with E-state index in [4.69, 9.17) is 4.42 Å². The van der Waals surface area contributed by atoms with Crippen molar-refractivity contribution in [3.63, 3.8) is 0 Å². The Morgan fingerprint density at radius 2 is 2.00 bits per heavy atom. The number of hydrogen-bond donors (Lipinski definition) is 0. The van der Waals surface area contributed by atoms with Gasteiger partial charge in [-0.25, -0.2) is 0 Å². The molecule has 8 heteroatoms. The van der Waals surface area contributed by atoms with Crippen LogP contribution < -0.4 is 0 Å². The fraction of sp³-hybridized carbons (Fsp3) is 0.421. The van der Waals surface area contributed by atoms with Gasteiger partial charge in [0.25, 0.3) is 0 Å².